The molecule has 3 rings (SSSR count). The molecule has 1 amide bonds. The van der Waals surface area contributed by atoms with Gasteiger partial charge in [-0.2, -0.15) is 0 Å². The number of amides is 1. The minimum atomic E-state index is -1.31. The van der Waals surface area contributed by atoms with Crippen LogP contribution in [0, 0.1) is 10.1 Å². The van der Waals surface area contributed by atoms with Gasteiger partial charge in [0, 0.05) is 29.6 Å². The van der Waals surface area contributed by atoms with Gasteiger partial charge in [0.15, 0.2) is 0 Å². The van der Waals surface area contributed by atoms with Crippen molar-refractivity contribution >= 4 is 28.5 Å². The van der Waals surface area contributed by atoms with Gasteiger partial charge < -0.3 is 10.4 Å². The first-order chi connectivity index (χ1) is 13.0. The van der Waals surface area contributed by atoms with E-state index in [0.29, 0.717) is 5.52 Å². The molecule has 2 aromatic carbocycles. The lowest BCUT2D eigenvalue weighted by Crippen LogP contribution is -2.42. The largest absolute Gasteiger partial charge is 0.480 e. The molecule has 8 heteroatoms. The fourth-order valence-corrected chi connectivity index (χ4v) is 2.72. The number of carboxylic acid groups (broad SMARTS) is 1. The van der Waals surface area contributed by atoms with Crippen molar-refractivity contribution in [1.82, 2.24) is 10.3 Å². The van der Waals surface area contributed by atoms with Crippen molar-refractivity contribution in [1.29, 1.82) is 0 Å². The van der Waals surface area contributed by atoms with Gasteiger partial charge in [-0.15, -0.1) is 0 Å². The number of pyridine rings is 1. The van der Waals surface area contributed by atoms with Crippen LogP contribution in [0.5, 0.6) is 0 Å². The summed E-state index contributed by atoms with van der Waals surface area (Å²) in [5, 5.41) is 23.7. The molecule has 0 bridgehead atoms. The minimum Gasteiger partial charge on any atom is -0.480 e. The Hall–Kier alpha value is -3.81. The second-order valence-corrected chi connectivity index (χ2v) is 5.87. The Bertz CT molecular complexity index is 1030. The molecule has 0 aliphatic rings. The number of benzene rings is 2. The number of rotatable bonds is 6. The summed E-state index contributed by atoms with van der Waals surface area (Å²) >= 11 is 0. The van der Waals surface area contributed by atoms with Crippen LogP contribution in [-0.4, -0.2) is 32.9 Å². The van der Waals surface area contributed by atoms with Crippen LogP contribution in [0.1, 0.15) is 15.9 Å². The van der Waals surface area contributed by atoms with Crippen LogP contribution in [0.25, 0.3) is 10.9 Å². The Balaban J connectivity index is 1.82. The standard InChI is InChI=1S/C19H15N3O5/c23-18(14-9-12-5-1-3-7-15(12)20-11-14)21-16(19(24)25)10-13-6-2-4-8-17(13)22(26)27/h1-9,11,16H,10H2,(H,21,23)(H,24,25)/t16-/m0/s1. The van der Waals surface area contributed by atoms with E-state index < -0.39 is 22.8 Å². The lowest BCUT2D eigenvalue weighted by molar-refractivity contribution is -0.385. The number of aliphatic carboxylic acids is 1. The van der Waals surface area contributed by atoms with Crippen molar-refractivity contribution in [3.63, 3.8) is 0 Å². The van der Waals surface area contributed by atoms with E-state index >= 15 is 0 Å². The highest BCUT2D eigenvalue weighted by molar-refractivity contribution is 5.99. The van der Waals surface area contributed by atoms with Crippen molar-refractivity contribution < 1.29 is 19.6 Å². The molecule has 1 atom stereocenters. The van der Waals surface area contributed by atoms with E-state index in [4.69, 9.17) is 0 Å². The van der Waals surface area contributed by atoms with Crippen molar-refractivity contribution in [2.45, 2.75) is 12.5 Å². The van der Waals surface area contributed by atoms with Crippen LogP contribution in [0.15, 0.2) is 60.8 Å². The van der Waals surface area contributed by atoms with Crippen molar-refractivity contribution in [3.8, 4) is 0 Å². The number of para-hydroxylation sites is 2. The summed E-state index contributed by atoms with van der Waals surface area (Å²) in [6.45, 7) is 0. The van der Waals surface area contributed by atoms with Crippen LogP contribution in [0.3, 0.4) is 0 Å². The van der Waals surface area contributed by atoms with Gasteiger partial charge in [0.05, 0.1) is 16.0 Å². The van der Waals surface area contributed by atoms with Gasteiger partial charge in [0.2, 0.25) is 0 Å². The molecule has 0 spiro atoms. The number of nitrogens with zero attached hydrogens (tertiary/aromatic N) is 2. The lowest BCUT2D eigenvalue weighted by atomic mass is 10.0. The molecule has 0 saturated heterocycles. The van der Waals surface area contributed by atoms with Crippen molar-refractivity contribution in [2.75, 3.05) is 0 Å². The van der Waals surface area contributed by atoms with E-state index in [1.165, 1.54) is 24.4 Å². The first-order valence-corrected chi connectivity index (χ1v) is 8.06. The van der Waals surface area contributed by atoms with E-state index in [-0.39, 0.29) is 23.2 Å². The predicted molar refractivity (Wildman–Crippen MR) is 97.4 cm³/mol. The van der Waals surface area contributed by atoms with Gasteiger partial charge in [-0.3, -0.25) is 19.9 Å². The van der Waals surface area contributed by atoms with Crippen LogP contribution in [0.4, 0.5) is 5.69 Å². The fourth-order valence-electron chi connectivity index (χ4n) is 2.72. The third-order valence-corrected chi connectivity index (χ3v) is 4.07. The van der Waals surface area contributed by atoms with Gasteiger partial charge in [-0.25, -0.2) is 4.79 Å². The van der Waals surface area contributed by atoms with Crippen LogP contribution < -0.4 is 5.32 Å². The zero-order chi connectivity index (χ0) is 19.4. The average molecular weight is 365 g/mol. The van der Waals surface area contributed by atoms with E-state index in [2.05, 4.69) is 10.3 Å². The number of hydrogen-bond acceptors (Lipinski definition) is 5. The number of hydrogen-bond donors (Lipinski definition) is 2. The molecule has 136 valence electrons. The smallest absolute Gasteiger partial charge is 0.326 e. The maximum absolute atomic E-state index is 12.5. The van der Waals surface area contributed by atoms with Crippen LogP contribution >= 0.6 is 0 Å². The summed E-state index contributed by atoms with van der Waals surface area (Å²) in [4.78, 5) is 38.7. The normalized spacial score (nSPS) is 11.7. The van der Waals surface area contributed by atoms with E-state index in [9.17, 15) is 24.8 Å². The van der Waals surface area contributed by atoms with Gasteiger partial charge in [-0.05, 0) is 12.1 Å². The first kappa shape index (κ1) is 18.0. The molecule has 0 radical (unpaired) electrons. The number of nitrogens with one attached hydrogen (secondary N) is 1. The highest BCUT2D eigenvalue weighted by Crippen LogP contribution is 2.20. The minimum absolute atomic E-state index is 0.189. The van der Waals surface area contributed by atoms with Crippen LogP contribution in [0.2, 0.25) is 0 Å². The Morgan fingerprint density at radius 2 is 1.85 bits per heavy atom. The number of carbonyl (C=O) groups excluding carboxylic acids is 1. The molecule has 3 aromatic rings. The van der Waals surface area contributed by atoms with Crippen LogP contribution in [-0.2, 0) is 11.2 Å². The highest BCUT2D eigenvalue weighted by Gasteiger charge is 2.25. The Labute approximate surface area is 153 Å². The summed E-state index contributed by atoms with van der Waals surface area (Å²) in [7, 11) is 0. The number of nitro groups is 1. The van der Waals surface area contributed by atoms with Gasteiger partial charge >= 0.3 is 5.97 Å². The topological polar surface area (TPSA) is 122 Å². The second kappa shape index (κ2) is 7.61. The van der Waals surface area contributed by atoms with Crippen molar-refractivity contribution in [3.05, 3.63) is 82.0 Å². The third kappa shape index (κ3) is 4.06. The molecule has 0 unspecified atom stereocenters. The number of carbonyl (C=O) groups is 2. The monoisotopic (exact) mass is 365 g/mol. The average Bonchev–Trinajstić information content (AvgIpc) is 2.67. The van der Waals surface area contributed by atoms with E-state index in [0.717, 1.165) is 5.39 Å². The molecule has 0 fully saturated rings. The first-order valence-electron chi connectivity index (χ1n) is 8.06. The molecular formula is C19H15N3O5. The summed E-state index contributed by atoms with van der Waals surface area (Å²) in [5.41, 5.74) is 0.962. The van der Waals surface area contributed by atoms with E-state index in [1.54, 1.807) is 30.3 Å². The molecule has 0 saturated carbocycles. The molecule has 1 aromatic heterocycles. The Morgan fingerprint density at radius 1 is 1.15 bits per heavy atom. The van der Waals surface area contributed by atoms with E-state index in [1.807, 2.05) is 6.07 Å². The van der Waals surface area contributed by atoms with Crippen molar-refractivity contribution in [2.24, 2.45) is 0 Å². The zero-order valence-corrected chi connectivity index (χ0v) is 14.0. The second-order valence-electron chi connectivity index (χ2n) is 5.87. The predicted octanol–water partition coefficient (Wildman–Crippen LogP) is 2.57. The summed E-state index contributed by atoms with van der Waals surface area (Å²) in [6, 6.07) is 13.4. The SMILES string of the molecule is O=C(N[C@@H](Cc1ccccc1[N+](=O)[O-])C(=O)O)c1cnc2ccccc2c1. The summed E-state index contributed by atoms with van der Waals surface area (Å²) < 4.78 is 0. The molecule has 1 heterocycles. The zero-order valence-electron chi connectivity index (χ0n) is 14.0. The van der Waals surface area contributed by atoms with Gasteiger partial charge in [-0.1, -0.05) is 36.4 Å². The Kier molecular flexibility index (Phi) is 5.07. The molecule has 0 aliphatic heterocycles. The summed E-state index contributed by atoms with van der Waals surface area (Å²) in [5.74, 6) is -1.89. The maximum atomic E-state index is 12.5. The third-order valence-electron chi connectivity index (χ3n) is 4.07. The maximum Gasteiger partial charge on any atom is 0.326 e. The summed E-state index contributed by atoms with van der Waals surface area (Å²) in [6.07, 6.45) is 1.15. The molecule has 2 N–H and O–H groups in total. The quantitative estimate of drug-likeness (QED) is 0.511. The highest BCUT2D eigenvalue weighted by atomic mass is 16.6. The van der Waals surface area contributed by atoms with Gasteiger partial charge in [0.1, 0.15) is 6.04 Å². The molecule has 8 nitrogen and oxygen atoms in total. The van der Waals surface area contributed by atoms with Gasteiger partial charge in [0.25, 0.3) is 11.6 Å². The number of aromatic nitrogens is 1. The Morgan fingerprint density at radius 3 is 2.59 bits per heavy atom. The number of nitro benzene ring substituents is 1. The lowest BCUT2D eigenvalue weighted by Gasteiger charge is -2.15. The number of fused-ring (bicyclic) bond motifs is 1. The molecule has 27 heavy (non-hydrogen) atoms. The molecule has 0 aliphatic carbocycles. The molecular weight excluding hydrogens is 350 g/mol. The fraction of sp³-hybridized carbons (Fsp3) is 0.105. The number of carboxylic acids is 1.